The summed E-state index contributed by atoms with van der Waals surface area (Å²) < 4.78 is 6.10. The van der Waals surface area contributed by atoms with Crippen LogP contribution in [0.4, 0.5) is 5.82 Å². The minimum atomic E-state index is -0.199. The monoisotopic (exact) mass is 365 g/mol. The highest BCUT2D eigenvalue weighted by molar-refractivity contribution is 5.85. The summed E-state index contributed by atoms with van der Waals surface area (Å²) in [7, 11) is 0. The average molecular weight is 365 g/mol. The van der Waals surface area contributed by atoms with Gasteiger partial charge in [0.2, 0.25) is 5.91 Å². The number of benzene rings is 1. The summed E-state index contributed by atoms with van der Waals surface area (Å²) in [4.78, 5) is 19.0. The maximum absolute atomic E-state index is 11.6. The molecule has 2 saturated heterocycles. The van der Waals surface area contributed by atoms with Gasteiger partial charge < -0.3 is 15.0 Å². The standard InChI is InChI=1S/C22H27N3O2/c1-15-11-20(24-19-13-17-4-2-3-16(17)12-18(15)19)25-8-6-22(7-9-25)14-23-21(26)5-10-27-22/h11-13H,2-10,14H2,1H3,(H,23,26). The molecule has 5 rings (SSSR count). The first-order chi connectivity index (χ1) is 13.1. The number of carbonyl (C=O) groups excluding carboxylic acids is 1. The molecule has 142 valence electrons. The normalized spacial score (nSPS) is 22.0. The lowest BCUT2D eigenvalue weighted by molar-refractivity contribution is -0.120. The van der Waals surface area contributed by atoms with Crippen LogP contribution in [0.2, 0.25) is 0 Å². The number of fused-ring (bicyclic) bond motifs is 2. The first kappa shape index (κ1) is 17.0. The average Bonchev–Trinajstić information content (AvgIpc) is 3.05. The Labute approximate surface area is 160 Å². The third-order valence-corrected chi connectivity index (χ3v) is 6.56. The lowest BCUT2D eigenvalue weighted by atomic mass is 9.91. The highest BCUT2D eigenvalue weighted by Gasteiger charge is 2.37. The molecule has 1 aliphatic carbocycles. The molecule has 3 aliphatic rings. The molecule has 1 aromatic carbocycles. The van der Waals surface area contributed by atoms with Gasteiger partial charge in [0.15, 0.2) is 0 Å². The topological polar surface area (TPSA) is 54.5 Å². The van der Waals surface area contributed by atoms with Crippen molar-refractivity contribution in [2.75, 3.05) is 31.1 Å². The molecule has 2 aliphatic heterocycles. The number of aryl methyl sites for hydroxylation is 3. The minimum Gasteiger partial charge on any atom is -0.372 e. The first-order valence-corrected chi connectivity index (χ1v) is 10.2. The zero-order valence-electron chi connectivity index (χ0n) is 16.0. The zero-order chi connectivity index (χ0) is 18.4. The van der Waals surface area contributed by atoms with Gasteiger partial charge in [-0.15, -0.1) is 0 Å². The van der Waals surface area contributed by atoms with Crippen molar-refractivity contribution in [3.63, 3.8) is 0 Å². The van der Waals surface area contributed by atoms with Crippen molar-refractivity contribution in [3.05, 3.63) is 34.9 Å². The number of carbonyl (C=O) groups is 1. The SMILES string of the molecule is Cc1cc(N2CCC3(CC2)CNC(=O)CCO3)nc2cc3c(cc12)CCC3. The maximum atomic E-state index is 11.6. The van der Waals surface area contributed by atoms with Gasteiger partial charge in [-0.2, -0.15) is 0 Å². The number of amides is 1. The number of nitrogens with one attached hydrogen (secondary N) is 1. The summed E-state index contributed by atoms with van der Waals surface area (Å²) in [5, 5.41) is 4.31. The van der Waals surface area contributed by atoms with Gasteiger partial charge in [-0.25, -0.2) is 4.98 Å². The lowest BCUT2D eigenvalue weighted by Crippen LogP contribution is -2.51. The van der Waals surface area contributed by atoms with Crippen molar-refractivity contribution < 1.29 is 9.53 Å². The summed E-state index contributed by atoms with van der Waals surface area (Å²) in [6.45, 7) is 5.20. The van der Waals surface area contributed by atoms with E-state index in [1.165, 1.54) is 41.3 Å². The summed E-state index contributed by atoms with van der Waals surface area (Å²) in [5.74, 6) is 1.18. The molecular formula is C22H27N3O2. The van der Waals surface area contributed by atoms with E-state index < -0.39 is 0 Å². The van der Waals surface area contributed by atoms with E-state index in [4.69, 9.17) is 9.72 Å². The molecule has 0 radical (unpaired) electrons. The van der Waals surface area contributed by atoms with Gasteiger partial charge in [-0.05, 0) is 73.9 Å². The fourth-order valence-corrected chi connectivity index (χ4v) is 4.83. The van der Waals surface area contributed by atoms with Crippen LogP contribution in [0, 0.1) is 6.92 Å². The van der Waals surface area contributed by atoms with E-state index in [-0.39, 0.29) is 11.5 Å². The van der Waals surface area contributed by atoms with Crippen LogP contribution >= 0.6 is 0 Å². The minimum absolute atomic E-state index is 0.105. The molecule has 0 atom stereocenters. The molecule has 2 aromatic rings. The van der Waals surface area contributed by atoms with E-state index in [0.717, 1.165) is 37.3 Å². The Bertz CT molecular complexity index is 900. The van der Waals surface area contributed by atoms with Gasteiger partial charge in [-0.1, -0.05) is 0 Å². The Morgan fingerprint density at radius 3 is 2.70 bits per heavy atom. The molecule has 2 fully saturated rings. The third kappa shape index (κ3) is 3.08. The van der Waals surface area contributed by atoms with E-state index in [2.05, 4.69) is 35.3 Å². The van der Waals surface area contributed by atoms with Gasteiger partial charge in [-0.3, -0.25) is 4.79 Å². The third-order valence-electron chi connectivity index (χ3n) is 6.56. The largest absolute Gasteiger partial charge is 0.372 e. The van der Waals surface area contributed by atoms with Crippen molar-refractivity contribution in [1.29, 1.82) is 0 Å². The van der Waals surface area contributed by atoms with Crippen LogP contribution < -0.4 is 10.2 Å². The van der Waals surface area contributed by atoms with Crippen LogP contribution in [0.1, 0.15) is 42.4 Å². The molecule has 0 bridgehead atoms. The van der Waals surface area contributed by atoms with Crippen molar-refractivity contribution in [1.82, 2.24) is 10.3 Å². The second-order valence-corrected chi connectivity index (χ2v) is 8.33. The van der Waals surface area contributed by atoms with Crippen LogP contribution in [0.3, 0.4) is 0 Å². The molecule has 5 nitrogen and oxygen atoms in total. The van der Waals surface area contributed by atoms with Crippen molar-refractivity contribution in [3.8, 4) is 0 Å². The lowest BCUT2D eigenvalue weighted by Gasteiger charge is -2.41. The predicted octanol–water partition coefficient (Wildman–Crippen LogP) is 2.91. The smallest absolute Gasteiger partial charge is 0.222 e. The first-order valence-electron chi connectivity index (χ1n) is 10.2. The maximum Gasteiger partial charge on any atom is 0.222 e. The number of nitrogens with zero attached hydrogens (tertiary/aromatic N) is 2. The number of ether oxygens (including phenoxy) is 1. The van der Waals surface area contributed by atoms with Crippen LogP contribution in [0.5, 0.6) is 0 Å². The Morgan fingerprint density at radius 1 is 1.11 bits per heavy atom. The summed E-state index contributed by atoms with van der Waals surface area (Å²) in [5.41, 5.74) is 5.22. The molecule has 1 N–H and O–H groups in total. The molecule has 0 saturated carbocycles. The van der Waals surface area contributed by atoms with Gasteiger partial charge in [0.1, 0.15) is 5.82 Å². The predicted molar refractivity (Wildman–Crippen MR) is 106 cm³/mol. The van der Waals surface area contributed by atoms with Gasteiger partial charge in [0.25, 0.3) is 0 Å². The second-order valence-electron chi connectivity index (χ2n) is 8.33. The number of piperidine rings is 1. The van der Waals surface area contributed by atoms with Crippen molar-refractivity contribution in [2.24, 2.45) is 0 Å². The summed E-state index contributed by atoms with van der Waals surface area (Å²) in [6.07, 6.45) is 5.98. The van der Waals surface area contributed by atoms with Crippen LogP contribution in [0.25, 0.3) is 10.9 Å². The number of aromatic nitrogens is 1. The highest BCUT2D eigenvalue weighted by atomic mass is 16.5. The fourth-order valence-electron chi connectivity index (χ4n) is 4.83. The van der Waals surface area contributed by atoms with E-state index in [9.17, 15) is 4.79 Å². The number of hydrogen-bond donors (Lipinski definition) is 1. The Balaban J connectivity index is 1.38. The number of hydrogen-bond acceptors (Lipinski definition) is 4. The van der Waals surface area contributed by atoms with Crippen LogP contribution in [0.15, 0.2) is 18.2 Å². The molecule has 1 amide bonds. The molecule has 1 spiro atoms. The Morgan fingerprint density at radius 2 is 1.89 bits per heavy atom. The van der Waals surface area contributed by atoms with Crippen molar-refractivity contribution >= 4 is 22.6 Å². The van der Waals surface area contributed by atoms with Crippen LogP contribution in [-0.2, 0) is 22.4 Å². The summed E-state index contributed by atoms with van der Waals surface area (Å²) >= 11 is 0. The Kier molecular flexibility index (Phi) is 4.08. The summed E-state index contributed by atoms with van der Waals surface area (Å²) in [6, 6.07) is 6.90. The zero-order valence-corrected chi connectivity index (χ0v) is 16.0. The Hall–Kier alpha value is -2.14. The molecule has 0 unspecified atom stereocenters. The van der Waals surface area contributed by atoms with Crippen molar-refractivity contribution in [2.45, 2.75) is 51.0 Å². The fraction of sp³-hybridized carbons (Fsp3) is 0.545. The highest BCUT2D eigenvalue weighted by Crippen LogP contribution is 2.33. The van der Waals surface area contributed by atoms with Gasteiger partial charge >= 0.3 is 0 Å². The second kappa shape index (κ2) is 6.48. The van der Waals surface area contributed by atoms with E-state index in [1.54, 1.807) is 0 Å². The van der Waals surface area contributed by atoms with Gasteiger partial charge in [0.05, 0.1) is 17.7 Å². The van der Waals surface area contributed by atoms with E-state index >= 15 is 0 Å². The molecular weight excluding hydrogens is 338 g/mol. The van der Waals surface area contributed by atoms with E-state index in [1.807, 2.05) is 0 Å². The van der Waals surface area contributed by atoms with E-state index in [0.29, 0.717) is 19.6 Å². The number of anilines is 1. The number of rotatable bonds is 1. The van der Waals surface area contributed by atoms with Crippen LogP contribution in [-0.4, -0.2) is 42.7 Å². The molecule has 27 heavy (non-hydrogen) atoms. The number of pyridine rings is 1. The molecule has 1 aromatic heterocycles. The molecule has 5 heteroatoms. The quantitative estimate of drug-likeness (QED) is 0.844. The van der Waals surface area contributed by atoms with Gasteiger partial charge in [0, 0.05) is 31.4 Å². The molecule has 3 heterocycles.